The molecule has 4 amide bonds. The molecule has 0 radical (unpaired) electrons. The van der Waals surface area contributed by atoms with Gasteiger partial charge in [0.25, 0.3) is 5.91 Å². The Morgan fingerprint density at radius 2 is 1.70 bits per heavy atom. The lowest BCUT2D eigenvalue weighted by molar-refractivity contribution is -0.148. The fraction of sp³-hybridized carbons (Fsp3) is 0.464. The summed E-state index contributed by atoms with van der Waals surface area (Å²) in [6.07, 6.45) is 2.93. The lowest BCUT2D eigenvalue weighted by Crippen LogP contribution is -2.65. The number of urea groups is 1. The second-order valence-corrected chi connectivity index (χ2v) is 9.95. The molecule has 2 aliphatic rings. The molecule has 1 aliphatic carbocycles. The normalized spacial score (nSPS) is 21.8. The third kappa shape index (κ3) is 6.80. The molecule has 0 aromatic heterocycles. The number of amides is 4. The molecule has 198 valence electrons. The van der Waals surface area contributed by atoms with E-state index < -0.39 is 12.2 Å². The number of benzene rings is 2. The summed E-state index contributed by atoms with van der Waals surface area (Å²) in [5, 5.41) is 6.01. The summed E-state index contributed by atoms with van der Waals surface area (Å²) in [6.45, 7) is 2.72. The van der Waals surface area contributed by atoms with Crippen molar-refractivity contribution in [2.24, 2.45) is 5.73 Å². The van der Waals surface area contributed by atoms with Crippen LogP contribution in [0.2, 0.25) is 0 Å². The molecular formula is C28H37N5O4. The average Bonchev–Trinajstić information content (AvgIpc) is 2.90. The first-order valence-corrected chi connectivity index (χ1v) is 13.0. The second-order valence-electron chi connectivity index (χ2n) is 9.95. The van der Waals surface area contributed by atoms with Crippen LogP contribution in [0.4, 0.5) is 10.5 Å². The number of ether oxygens (including phenoxy) is 1. The largest absolute Gasteiger partial charge is 0.497 e. The predicted octanol–water partition coefficient (Wildman–Crippen LogP) is 3.02. The van der Waals surface area contributed by atoms with Crippen LogP contribution in [0.5, 0.6) is 5.75 Å². The van der Waals surface area contributed by atoms with Crippen LogP contribution in [0.25, 0.3) is 0 Å². The van der Waals surface area contributed by atoms with Gasteiger partial charge < -0.3 is 26.0 Å². The van der Waals surface area contributed by atoms with Crippen LogP contribution in [0.3, 0.4) is 0 Å². The average molecular weight is 508 g/mol. The fourth-order valence-electron chi connectivity index (χ4n) is 5.06. The summed E-state index contributed by atoms with van der Waals surface area (Å²) < 4.78 is 5.21. The molecule has 4 N–H and O–H groups in total. The highest BCUT2D eigenvalue weighted by atomic mass is 16.5. The van der Waals surface area contributed by atoms with Crippen LogP contribution in [0, 0.1) is 6.92 Å². The summed E-state index contributed by atoms with van der Waals surface area (Å²) >= 11 is 0. The Bertz CT molecular complexity index is 1100. The number of anilines is 1. The van der Waals surface area contributed by atoms with E-state index in [2.05, 4.69) is 10.6 Å². The van der Waals surface area contributed by atoms with E-state index in [-0.39, 0.29) is 30.3 Å². The van der Waals surface area contributed by atoms with Gasteiger partial charge in [0.1, 0.15) is 5.75 Å². The number of rotatable bonds is 6. The molecule has 0 bridgehead atoms. The number of nitrogens with zero attached hydrogens (tertiary/aromatic N) is 2. The van der Waals surface area contributed by atoms with Crippen LogP contribution in [-0.2, 0) is 16.0 Å². The first-order valence-electron chi connectivity index (χ1n) is 13.0. The van der Waals surface area contributed by atoms with Gasteiger partial charge in [0.2, 0.25) is 5.91 Å². The Kier molecular flexibility index (Phi) is 8.66. The van der Waals surface area contributed by atoms with Crippen molar-refractivity contribution in [2.75, 3.05) is 25.5 Å². The molecule has 1 saturated heterocycles. The van der Waals surface area contributed by atoms with Crippen molar-refractivity contribution >= 4 is 23.5 Å². The van der Waals surface area contributed by atoms with Crippen LogP contribution in [0.1, 0.15) is 43.2 Å². The number of nitrogens with one attached hydrogen (secondary N) is 2. The van der Waals surface area contributed by atoms with Gasteiger partial charge in [0.15, 0.2) is 6.17 Å². The Morgan fingerprint density at radius 3 is 2.38 bits per heavy atom. The predicted molar refractivity (Wildman–Crippen MR) is 142 cm³/mol. The minimum absolute atomic E-state index is 0.0190. The summed E-state index contributed by atoms with van der Waals surface area (Å²) in [6, 6.07) is 14.5. The quantitative estimate of drug-likeness (QED) is 0.556. The fourth-order valence-corrected chi connectivity index (χ4v) is 5.06. The molecular weight excluding hydrogens is 470 g/mol. The number of aryl methyl sites for hydroxylation is 1. The Hall–Kier alpha value is -3.59. The van der Waals surface area contributed by atoms with Crippen LogP contribution in [0.15, 0.2) is 48.5 Å². The SMILES string of the molecule is COc1ccc(CC(=O)N2CCCN(C(=O)Nc3cccc(C)c3)C2C(=O)NC2CCC(N)CC2)cc1. The van der Waals surface area contributed by atoms with Gasteiger partial charge in [-0.25, -0.2) is 4.79 Å². The number of hydrogen-bond acceptors (Lipinski definition) is 5. The highest BCUT2D eigenvalue weighted by Crippen LogP contribution is 2.22. The smallest absolute Gasteiger partial charge is 0.323 e. The first-order chi connectivity index (χ1) is 17.8. The summed E-state index contributed by atoms with van der Waals surface area (Å²) in [7, 11) is 1.59. The summed E-state index contributed by atoms with van der Waals surface area (Å²) in [4.78, 5) is 43.5. The number of carbonyl (C=O) groups excluding carboxylic acids is 3. The highest BCUT2D eigenvalue weighted by molar-refractivity contribution is 5.96. The molecule has 2 fully saturated rings. The lowest BCUT2D eigenvalue weighted by atomic mass is 9.91. The molecule has 2 aromatic rings. The zero-order chi connectivity index (χ0) is 26.4. The molecule has 0 spiro atoms. The molecule has 1 aliphatic heterocycles. The van der Waals surface area contributed by atoms with Crippen molar-refractivity contribution in [2.45, 2.75) is 63.7 Å². The summed E-state index contributed by atoms with van der Waals surface area (Å²) in [5.41, 5.74) is 8.50. The third-order valence-electron chi connectivity index (χ3n) is 7.11. The van der Waals surface area contributed by atoms with E-state index >= 15 is 0 Å². The molecule has 37 heavy (non-hydrogen) atoms. The number of carbonyl (C=O) groups is 3. The maximum atomic E-state index is 13.6. The van der Waals surface area contributed by atoms with E-state index in [1.165, 1.54) is 9.80 Å². The summed E-state index contributed by atoms with van der Waals surface area (Å²) in [5.74, 6) is 0.171. The van der Waals surface area contributed by atoms with Gasteiger partial charge in [-0.2, -0.15) is 0 Å². The van der Waals surface area contributed by atoms with Gasteiger partial charge in [0, 0.05) is 30.9 Å². The highest BCUT2D eigenvalue weighted by Gasteiger charge is 2.41. The standard InChI is InChI=1S/C28H37N5O4/c1-19-5-3-6-23(17-19)31-28(36)33-16-4-15-32(25(34)18-20-7-13-24(37-2)14-8-20)27(33)26(35)30-22-11-9-21(29)10-12-22/h3,5-8,13-14,17,21-22,27H,4,9-12,15-16,18,29H2,1-2H3,(H,30,35)(H,31,36). The minimum Gasteiger partial charge on any atom is -0.497 e. The van der Waals surface area contributed by atoms with E-state index in [1.54, 1.807) is 19.2 Å². The molecule has 1 heterocycles. The maximum absolute atomic E-state index is 13.6. The second kappa shape index (κ2) is 12.1. The molecule has 2 aromatic carbocycles. The van der Waals surface area contributed by atoms with Gasteiger partial charge in [-0.3, -0.25) is 14.5 Å². The van der Waals surface area contributed by atoms with Crippen molar-refractivity contribution in [3.63, 3.8) is 0 Å². The Labute approximate surface area is 218 Å². The lowest BCUT2D eigenvalue weighted by Gasteiger charge is -2.43. The zero-order valence-electron chi connectivity index (χ0n) is 21.6. The van der Waals surface area contributed by atoms with E-state index in [0.717, 1.165) is 36.8 Å². The van der Waals surface area contributed by atoms with Crippen molar-refractivity contribution in [1.82, 2.24) is 15.1 Å². The Morgan fingerprint density at radius 1 is 1.00 bits per heavy atom. The number of methoxy groups -OCH3 is 1. The number of hydrogen-bond donors (Lipinski definition) is 3. The Balaban J connectivity index is 1.54. The van der Waals surface area contributed by atoms with Gasteiger partial charge in [-0.15, -0.1) is 0 Å². The van der Waals surface area contributed by atoms with Gasteiger partial charge in [0.05, 0.1) is 13.5 Å². The van der Waals surface area contributed by atoms with Crippen molar-refractivity contribution in [1.29, 1.82) is 0 Å². The van der Waals surface area contributed by atoms with E-state index in [9.17, 15) is 14.4 Å². The molecule has 9 nitrogen and oxygen atoms in total. The zero-order valence-corrected chi connectivity index (χ0v) is 21.6. The van der Waals surface area contributed by atoms with Crippen molar-refractivity contribution in [3.8, 4) is 5.75 Å². The monoisotopic (exact) mass is 507 g/mol. The van der Waals surface area contributed by atoms with E-state index in [4.69, 9.17) is 10.5 Å². The molecule has 1 atom stereocenters. The van der Waals surface area contributed by atoms with E-state index in [0.29, 0.717) is 30.9 Å². The topological polar surface area (TPSA) is 117 Å². The minimum atomic E-state index is -1.03. The molecule has 4 rings (SSSR count). The van der Waals surface area contributed by atoms with Crippen LogP contribution < -0.4 is 21.1 Å². The van der Waals surface area contributed by atoms with Gasteiger partial charge in [-0.05, 0) is 74.4 Å². The van der Waals surface area contributed by atoms with Crippen molar-refractivity contribution < 1.29 is 19.1 Å². The third-order valence-corrected chi connectivity index (χ3v) is 7.11. The van der Waals surface area contributed by atoms with E-state index in [1.807, 2.05) is 43.3 Å². The van der Waals surface area contributed by atoms with Crippen LogP contribution in [-0.4, -0.2) is 66.1 Å². The molecule has 1 saturated carbocycles. The van der Waals surface area contributed by atoms with Crippen LogP contribution >= 0.6 is 0 Å². The van der Waals surface area contributed by atoms with Crippen molar-refractivity contribution in [3.05, 3.63) is 59.7 Å². The number of nitrogens with two attached hydrogens (primary N) is 1. The van der Waals surface area contributed by atoms with Gasteiger partial charge >= 0.3 is 6.03 Å². The molecule has 1 unspecified atom stereocenters. The maximum Gasteiger partial charge on any atom is 0.323 e. The first kappa shape index (κ1) is 26.5. The van der Waals surface area contributed by atoms with Gasteiger partial charge in [-0.1, -0.05) is 24.3 Å². The molecule has 9 heteroatoms.